The number of rotatable bonds is 10. The molecule has 4 nitrogen and oxygen atoms in total. The molecule has 0 bridgehead atoms. The molecule has 1 atom stereocenters. The standard InChI is InChI=1S/C12H24N2.C6H10F3NO.C4H8.2C2H6.C2H2/c1-5-7-11(3)14-9-6-8-10(2)12(4)13;1-5(2,3-4(10)11)6(7,8)9;1-4-2-3-4;3*1-2/h10,14H,3-9,13H2,1-2H3;3H2,1-2H3,(H2,10,11);4H,2-3H2,1H3;2*1-2H3;1-2H/t10-;;;;;/m0...../s1. The fourth-order valence-electron chi connectivity index (χ4n) is 1.95. The summed E-state index contributed by atoms with van der Waals surface area (Å²) >= 11 is 0. The predicted octanol–water partition coefficient (Wildman–Crippen LogP) is 7.95. The Hall–Kier alpha value is -2.10. The lowest BCUT2D eigenvalue weighted by atomic mass is 9.88. The Morgan fingerprint density at radius 3 is 1.71 bits per heavy atom. The van der Waals surface area contributed by atoms with Crippen LogP contribution in [-0.2, 0) is 4.79 Å². The van der Waals surface area contributed by atoms with Crippen LogP contribution in [0.2, 0.25) is 0 Å². The summed E-state index contributed by atoms with van der Waals surface area (Å²) in [5, 5.41) is 3.31. The monoisotopic (exact) mass is 507 g/mol. The van der Waals surface area contributed by atoms with Gasteiger partial charge in [0, 0.05) is 24.4 Å². The summed E-state index contributed by atoms with van der Waals surface area (Å²) in [4.78, 5) is 10.2. The van der Waals surface area contributed by atoms with Gasteiger partial charge in [0.25, 0.3) is 0 Å². The third-order valence-electron chi connectivity index (χ3n) is 4.62. The number of nitrogens with one attached hydrogen (secondary N) is 1. The molecule has 7 heteroatoms. The SMILES string of the molecule is C#C.C=C(CCC)NCCC[C@H](C)C(=C)N.CC.CC.CC(C)(CC(N)=O)C(F)(F)F.CC1CC1. The smallest absolute Gasteiger partial charge is 0.394 e. The van der Waals surface area contributed by atoms with Gasteiger partial charge in [-0.15, -0.1) is 12.8 Å². The van der Waals surface area contributed by atoms with Gasteiger partial charge in [-0.05, 0) is 31.1 Å². The fraction of sp³-hybridized carbons (Fsp3) is 0.750. The Bertz CT molecular complexity index is 537. The van der Waals surface area contributed by atoms with Crippen molar-refractivity contribution in [2.24, 2.45) is 28.7 Å². The summed E-state index contributed by atoms with van der Waals surface area (Å²) in [6.07, 6.45) is 10.4. The van der Waals surface area contributed by atoms with Gasteiger partial charge in [-0.1, -0.05) is 94.7 Å². The lowest BCUT2D eigenvalue weighted by molar-refractivity contribution is -0.213. The van der Waals surface area contributed by atoms with Gasteiger partial charge in [0.1, 0.15) is 0 Å². The molecule has 0 aromatic heterocycles. The molecule has 0 aliphatic heterocycles. The number of carbonyl (C=O) groups excluding carboxylic acids is 1. The molecule has 1 fully saturated rings. The van der Waals surface area contributed by atoms with Crippen LogP contribution >= 0.6 is 0 Å². The van der Waals surface area contributed by atoms with Crippen LogP contribution in [-0.4, -0.2) is 18.6 Å². The van der Waals surface area contributed by atoms with E-state index in [-0.39, 0.29) is 0 Å². The number of hydrogen-bond acceptors (Lipinski definition) is 3. The van der Waals surface area contributed by atoms with E-state index in [1.165, 1.54) is 12.8 Å². The topological polar surface area (TPSA) is 81.1 Å². The minimum atomic E-state index is -4.37. The highest BCUT2D eigenvalue weighted by Gasteiger charge is 2.47. The number of alkyl halides is 3. The zero-order valence-corrected chi connectivity index (χ0v) is 24.1. The number of allylic oxidation sites excluding steroid dienone is 2. The fourth-order valence-corrected chi connectivity index (χ4v) is 1.95. The molecule has 0 radical (unpaired) electrons. The molecule has 1 aliphatic rings. The average Bonchev–Trinajstić information content (AvgIpc) is 3.57. The molecular formula is C28H56F3N3O. The molecule has 1 amide bonds. The summed E-state index contributed by atoms with van der Waals surface area (Å²) in [6, 6.07) is 0. The number of hydrogen-bond donors (Lipinski definition) is 3. The molecule has 0 aromatic carbocycles. The first-order chi connectivity index (χ1) is 16.1. The highest BCUT2D eigenvalue weighted by Crippen LogP contribution is 2.39. The van der Waals surface area contributed by atoms with Crippen molar-refractivity contribution in [2.75, 3.05) is 6.54 Å². The van der Waals surface area contributed by atoms with Crippen LogP contribution in [0.15, 0.2) is 24.6 Å². The van der Waals surface area contributed by atoms with E-state index < -0.39 is 23.9 Å². The van der Waals surface area contributed by atoms with Gasteiger partial charge >= 0.3 is 6.18 Å². The van der Waals surface area contributed by atoms with Gasteiger partial charge < -0.3 is 16.8 Å². The summed E-state index contributed by atoms with van der Waals surface area (Å²) < 4.78 is 36.0. The Labute approximate surface area is 215 Å². The molecule has 1 rings (SSSR count). The highest BCUT2D eigenvalue weighted by molar-refractivity contribution is 5.74. The Morgan fingerprint density at radius 1 is 1.09 bits per heavy atom. The van der Waals surface area contributed by atoms with Crippen LogP contribution in [0, 0.1) is 30.1 Å². The summed E-state index contributed by atoms with van der Waals surface area (Å²) in [6.45, 7) is 25.1. The van der Waals surface area contributed by atoms with Crippen molar-refractivity contribution in [1.29, 1.82) is 0 Å². The predicted molar refractivity (Wildman–Crippen MR) is 148 cm³/mol. The second kappa shape index (κ2) is 26.5. The first kappa shape index (κ1) is 43.0. The van der Waals surface area contributed by atoms with Gasteiger partial charge in [-0.3, -0.25) is 4.79 Å². The summed E-state index contributed by atoms with van der Waals surface area (Å²) in [5.41, 5.74) is 10.1. The molecule has 0 unspecified atom stereocenters. The number of halogens is 3. The van der Waals surface area contributed by atoms with Gasteiger partial charge in [0.05, 0.1) is 5.41 Å². The number of amides is 1. The van der Waals surface area contributed by atoms with E-state index in [0.717, 1.165) is 63.4 Å². The third-order valence-corrected chi connectivity index (χ3v) is 4.62. The maximum absolute atomic E-state index is 12.0. The van der Waals surface area contributed by atoms with E-state index in [1.807, 2.05) is 27.7 Å². The zero-order chi connectivity index (χ0) is 29.3. The molecule has 1 saturated carbocycles. The van der Waals surface area contributed by atoms with Gasteiger partial charge in [-0.25, -0.2) is 0 Å². The molecular weight excluding hydrogens is 451 g/mol. The largest absolute Gasteiger partial charge is 0.402 e. The van der Waals surface area contributed by atoms with Crippen LogP contribution < -0.4 is 16.8 Å². The first-order valence-electron chi connectivity index (χ1n) is 12.7. The van der Waals surface area contributed by atoms with Crippen LogP contribution in [0.4, 0.5) is 13.2 Å². The van der Waals surface area contributed by atoms with Crippen molar-refractivity contribution in [3.63, 3.8) is 0 Å². The second-order valence-corrected chi connectivity index (χ2v) is 8.61. The third kappa shape index (κ3) is 34.1. The maximum Gasteiger partial charge on any atom is 0.394 e. The Kier molecular flexibility index (Phi) is 32.6. The number of carbonyl (C=O) groups is 1. The lowest BCUT2D eigenvalue weighted by Crippen LogP contribution is -2.36. The minimum absolute atomic E-state index is 0.427. The molecule has 210 valence electrons. The van der Waals surface area contributed by atoms with Crippen molar-refractivity contribution < 1.29 is 18.0 Å². The van der Waals surface area contributed by atoms with Crippen molar-refractivity contribution >= 4 is 5.91 Å². The van der Waals surface area contributed by atoms with Gasteiger partial charge in [0.15, 0.2) is 0 Å². The number of nitrogens with two attached hydrogens (primary N) is 2. The van der Waals surface area contributed by atoms with E-state index in [0.29, 0.717) is 5.92 Å². The molecule has 0 saturated heterocycles. The number of terminal acetylenes is 1. The number of primary amides is 1. The first-order valence-corrected chi connectivity index (χ1v) is 12.7. The maximum atomic E-state index is 12.0. The van der Waals surface area contributed by atoms with Crippen molar-refractivity contribution in [3.05, 3.63) is 24.6 Å². The van der Waals surface area contributed by atoms with E-state index in [1.54, 1.807) is 0 Å². The second-order valence-electron chi connectivity index (χ2n) is 8.61. The Morgan fingerprint density at radius 2 is 1.49 bits per heavy atom. The van der Waals surface area contributed by atoms with Crippen LogP contribution in [0.1, 0.15) is 107 Å². The van der Waals surface area contributed by atoms with Crippen molar-refractivity contribution in [1.82, 2.24) is 5.32 Å². The van der Waals surface area contributed by atoms with Crippen molar-refractivity contribution in [3.8, 4) is 12.8 Å². The average molecular weight is 508 g/mol. The highest BCUT2D eigenvalue weighted by atomic mass is 19.4. The van der Waals surface area contributed by atoms with Crippen molar-refractivity contribution in [2.45, 2.75) is 113 Å². The summed E-state index contributed by atoms with van der Waals surface area (Å²) in [7, 11) is 0. The lowest BCUT2D eigenvalue weighted by Gasteiger charge is -2.25. The summed E-state index contributed by atoms with van der Waals surface area (Å²) in [5.74, 6) is 0.573. The van der Waals surface area contributed by atoms with Crippen LogP contribution in [0.25, 0.3) is 0 Å². The molecule has 35 heavy (non-hydrogen) atoms. The molecule has 0 heterocycles. The zero-order valence-electron chi connectivity index (χ0n) is 24.1. The van der Waals surface area contributed by atoms with E-state index in [9.17, 15) is 18.0 Å². The van der Waals surface area contributed by atoms with E-state index in [2.05, 4.69) is 57.8 Å². The molecule has 5 N–H and O–H groups in total. The normalized spacial score (nSPS) is 12.4. The molecule has 0 spiro atoms. The van der Waals surface area contributed by atoms with Crippen LogP contribution in [0.5, 0.6) is 0 Å². The molecule has 0 aromatic rings. The van der Waals surface area contributed by atoms with E-state index >= 15 is 0 Å². The Balaban J connectivity index is -0.000000126. The van der Waals surface area contributed by atoms with E-state index in [4.69, 9.17) is 5.73 Å². The van der Waals surface area contributed by atoms with Crippen LogP contribution in [0.3, 0.4) is 0 Å². The van der Waals surface area contributed by atoms with Gasteiger partial charge in [-0.2, -0.15) is 13.2 Å². The van der Waals surface area contributed by atoms with Gasteiger partial charge in [0.2, 0.25) is 5.91 Å². The quantitative estimate of drug-likeness (QED) is 0.207. The molecule has 1 aliphatic carbocycles. The minimum Gasteiger partial charge on any atom is -0.402 e.